The Bertz CT molecular complexity index is 587. The molecular formula is C21H25F2N. The van der Waals surface area contributed by atoms with E-state index in [1.165, 1.54) is 55.5 Å². The van der Waals surface area contributed by atoms with E-state index in [-0.39, 0.29) is 5.82 Å². The summed E-state index contributed by atoms with van der Waals surface area (Å²) >= 11 is 0. The van der Waals surface area contributed by atoms with Crippen LogP contribution in [0.5, 0.6) is 0 Å². The molecule has 1 aliphatic rings. The third-order valence-electron chi connectivity index (χ3n) is 4.87. The summed E-state index contributed by atoms with van der Waals surface area (Å²) < 4.78 is 25.5. The quantitative estimate of drug-likeness (QED) is 0.328. The minimum absolute atomic E-state index is 0.171. The van der Waals surface area contributed by atoms with Crippen molar-refractivity contribution in [3.63, 3.8) is 0 Å². The number of unbranched alkanes of at least 4 members (excludes halogenated alkanes) is 1. The Morgan fingerprint density at radius 2 is 1.83 bits per heavy atom. The molecule has 24 heavy (non-hydrogen) atoms. The normalized spacial score (nSPS) is 21.8. The van der Waals surface area contributed by atoms with E-state index in [4.69, 9.17) is 5.26 Å². The lowest BCUT2D eigenvalue weighted by atomic mass is 9.79. The number of hydrogen-bond donors (Lipinski definition) is 0. The van der Waals surface area contributed by atoms with Crippen molar-refractivity contribution in [1.82, 2.24) is 0 Å². The fraction of sp³-hybridized carbons (Fsp3) is 0.476. The van der Waals surface area contributed by atoms with Crippen LogP contribution in [0.25, 0.3) is 0 Å². The highest BCUT2D eigenvalue weighted by atomic mass is 19.1. The predicted octanol–water partition coefficient (Wildman–Crippen LogP) is 6.28. The van der Waals surface area contributed by atoms with Crippen molar-refractivity contribution in [2.24, 2.45) is 11.8 Å². The number of rotatable bonds is 7. The molecule has 0 bridgehead atoms. The fourth-order valence-corrected chi connectivity index (χ4v) is 3.42. The second-order valence-corrected chi connectivity index (χ2v) is 6.66. The van der Waals surface area contributed by atoms with Crippen LogP contribution < -0.4 is 0 Å². The van der Waals surface area contributed by atoms with E-state index in [9.17, 15) is 8.78 Å². The molecule has 0 aliphatic heterocycles. The number of allylic oxidation sites excluding steroid dienone is 4. The van der Waals surface area contributed by atoms with Gasteiger partial charge in [0.2, 0.25) is 0 Å². The molecule has 0 spiro atoms. The highest BCUT2D eigenvalue weighted by Crippen LogP contribution is 2.32. The van der Waals surface area contributed by atoms with Gasteiger partial charge in [-0.2, -0.15) is 9.65 Å². The van der Waals surface area contributed by atoms with Gasteiger partial charge < -0.3 is 0 Å². The molecule has 1 saturated carbocycles. The summed E-state index contributed by atoms with van der Waals surface area (Å²) in [7, 11) is 0. The van der Waals surface area contributed by atoms with Gasteiger partial charge in [-0.3, -0.25) is 0 Å². The summed E-state index contributed by atoms with van der Waals surface area (Å²) in [6, 6.07) is 8.28. The molecule has 2 rings (SSSR count). The maximum absolute atomic E-state index is 12.8. The van der Waals surface area contributed by atoms with E-state index >= 15 is 0 Å². The molecule has 1 nitrogen and oxygen atoms in total. The average molecular weight is 329 g/mol. The zero-order valence-electron chi connectivity index (χ0n) is 14.1. The minimum atomic E-state index is -0.735. The Morgan fingerprint density at radius 3 is 2.50 bits per heavy atom. The van der Waals surface area contributed by atoms with Crippen molar-refractivity contribution in [3.05, 3.63) is 59.7 Å². The largest absolute Gasteiger partial charge is 0.207 e. The highest BCUT2D eigenvalue weighted by Gasteiger charge is 2.18. The lowest BCUT2D eigenvalue weighted by Gasteiger charge is -2.26. The lowest BCUT2D eigenvalue weighted by molar-refractivity contribution is 0.289. The van der Waals surface area contributed by atoms with Gasteiger partial charge in [0.05, 0.1) is 0 Å². The smallest absolute Gasteiger partial charge is 0.199 e. The number of benzene rings is 1. The average Bonchev–Trinajstić information content (AvgIpc) is 2.61. The first kappa shape index (κ1) is 18.4. The third kappa shape index (κ3) is 6.66. The van der Waals surface area contributed by atoms with Gasteiger partial charge in [0, 0.05) is 0 Å². The van der Waals surface area contributed by atoms with Gasteiger partial charge in [0.1, 0.15) is 11.9 Å². The van der Waals surface area contributed by atoms with Crippen molar-refractivity contribution < 1.29 is 8.78 Å². The summed E-state index contributed by atoms with van der Waals surface area (Å²) in [4.78, 5) is 0. The molecule has 1 aromatic carbocycles. The standard InChI is InChI=1S/C21H25F2N/c22-20-14-12-18(13-15-20)5-2-1-4-17-8-10-19(11-9-17)6-3-7-21(23)16-24/h3,6-7,12-15,17,19H,1-2,4-5,8-11H2/b6-3+,21-7-/t17-,19-. The summed E-state index contributed by atoms with van der Waals surface area (Å²) in [5, 5.41) is 8.35. The molecule has 0 unspecified atom stereocenters. The van der Waals surface area contributed by atoms with Gasteiger partial charge >= 0.3 is 0 Å². The molecule has 0 heterocycles. The van der Waals surface area contributed by atoms with E-state index in [0.29, 0.717) is 5.92 Å². The summed E-state index contributed by atoms with van der Waals surface area (Å²) in [6.07, 6.45) is 14.4. The molecule has 1 aromatic rings. The Balaban J connectivity index is 1.59. The maximum Gasteiger partial charge on any atom is 0.199 e. The molecule has 0 radical (unpaired) electrons. The number of halogens is 2. The SMILES string of the molecule is N#C/C(F)=C/C=C/[C@H]1CC[C@H](CCCCc2ccc(F)cc2)CC1. The summed E-state index contributed by atoms with van der Waals surface area (Å²) in [6.45, 7) is 0. The van der Waals surface area contributed by atoms with Crippen LogP contribution in [-0.2, 0) is 6.42 Å². The lowest BCUT2D eigenvalue weighted by Crippen LogP contribution is -2.13. The second-order valence-electron chi connectivity index (χ2n) is 6.66. The molecule has 1 fully saturated rings. The molecule has 1 aliphatic carbocycles. The fourth-order valence-electron chi connectivity index (χ4n) is 3.42. The van der Waals surface area contributed by atoms with Crippen molar-refractivity contribution in [1.29, 1.82) is 5.26 Å². The van der Waals surface area contributed by atoms with Gasteiger partial charge in [-0.1, -0.05) is 37.1 Å². The van der Waals surface area contributed by atoms with Crippen LogP contribution in [0.4, 0.5) is 8.78 Å². The van der Waals surface area contributed by atoms with Crippen LogP contribution in [0.2, 0.25) is 0 Å². The molecular weight excluding hydrogens is 304 g/mol. The van der Waals surface area contributed by atoms with Crippen LogP contribution in [0, 0.1) is 29.0 Å². The third-order valence-corrected chi connectivity index (χ3v) is 4.87. The molecule has 128 valence electrons. The number of nitriles is 1. The van der Waals surface area contributed by atoms with Gasteiger partial charge in [0.15, 0.2) is 5.83 Å². The number of hydrogen-bond acceptors (Lipinski definition) is 1. The van der Waals surface area contributed by atoms with Crippen LogP contribution in [0.15, 0.2) is 48.3 Å². The van der Waals surface area contributed by atoms with Crippen LogP contribution >= 0.6 is 0 Å². The van der Waals surface area contributed by atoms with E-state index < -0.39 is 5.83 Å². The predicted molar refractivity (Wildman–Crippen MR) is 93.3 cm³/mol. The monoisotopic (exact) mass is 329 g/mol. The van der Waals surface area contributed by atoms with Crippen molar-refractivity contribution in [2.75, 3.05) is 0 Å². The van der Waals surface area contributed by atoms with E-state index in [2.05, 4.69) is 0 Å². The Kier molecular flexibility index (Phi) is 7.68. The first-order valence-corrected chi connectivity index (χ1v) is 8.86. The highest BCUT2D eigenvalue weighted by molar-refractivity contribution is 5.19. The maximum atomic E-state index is 12.8. The Hall–Kier alpha value is -1.95. The van der Waals surface area contributed by atoms with Crippen molar-refractivity contribution in [3.8, 4) is 6.07 Å². The van der Waals surface area contributed by atoms with Crippen molar-refractivity contribution in [2.45, 2.75) is 51.4 Å². The van der Waals surface area contributed by atoms with Crippen molar-refractivity contribution >= 4 is 0 Å². The molecule has 0 saturated heterocycles. The van der Waals surface area contributed by atoms with Gasteiger partial charge in [-0.25, -0.2) is 4.39 Å². The first-order chi connectivity index (χ1) is 11.7. The first-order valence-electron chi connectivity index (χ1n) is 8.86. The zero-order valence-corrected chi connectivity index (χ0v) is 14.1. The molecule has 0 aromatic heterocycles. The Labute approximate surface area is 143 Å². The topological polar surface area (TPSA) is 23.8 Å². The van der Waals surface area contributed by atoms with Gasteiger partial charge in [0.25, 0.3) is 0 Å². The van der Waals surface area contributed by atoms with E-state index in [0.717, 1.165) is 31.6 Å². The minimum Gasteiger partial charge on any atom is -0.207 e. The van der Waals surface area contributed by atoms with E-state index in [1.807, 2.05) is 18.2 Å². The Morgan fingerprint density at radius 1 is 1.12 bits per heavy atom. The number of aryl methyl sites for hydroxylation is 1. The molecule has 3 heteroatoms. The second kappa shape index (κ2) is 10.0. The van der Waals surface area contributed by atoms with Gasteiger partial charge in [-0.05, 0) is 74.1 Å². The van der Waals surface area contributed by atoms with E-state index in [1.54, 1.807) is 6.08 Å². The molecule has 0 N–H and O–H groups in total. The summed E-state index contributed by atoms with van der Waals surface area (Å²) in [5.41, 5.74) is 1.21. The van der Waals surface area contributed by atoms with Crippen LogP contribution in [0.3, 0.4) is 0 Å². The van der Waals surface area contributed by atoms with Gasteiger partial charge in [-0.15, -0.1) is 0 Å². The molecule has 0 atom stereocenters. The van der Waals surface area contributed by atoms with Crippen LogP contribution in [-0.4, -0.2) is 0 Å². The number of nitrogens with zero attached hydrogens (tertiary/aromatic N) is 1. The zero-order chi connectivity index (χ0) is 17.2. The summed E-state index contributed by atoms with van der Waals surface area (Å²) in [5.74, 6) is 0.411. The molecule has 0 amide bonds. The van der Waals surface area contributed by atoms with Crippen LogP contribution in [0.1, 0.15) is 50.5 Å².